The Morgan fingerprint density at radius 2 is 1.83 bits per heavy atom. The van der Waals surface area contributed by atoms with Gasteiger partial charge in [0.2, 0.25) is 0 Å². The molecule has 4 nitrogen and oxygen atoms in total. The Labute approximate surface area is 155 Å². The van der Waals surface area contributed by atoms with Crippen molar-refractivity contribution >= 4 is 24.8 Å². The Morgan fingerprint density at radius 1 is 1.21 bits per heavy atom. The first-order chi connectivity index (χ1) is 10.7. The third-order valence-corrected chi connectivity index (χ3v) is 5.00. The average Bonchev–Trinajstić information content (AvgIpc) is 3.05. The summed E-state index contributed by atoms with van der Waals surface area (Å²) in [7, 11) is 1.47. The lowest BCUT2D eigenvalue weighted by Crippen LogP contribution is -2.46. The maximum absolute atomic E-state index is 14.0. The minimum atomic E-state index is -0.345. The number of aromatic hydroxyl groups is 1. The van der Waals surface area contributed by atoms with Crippen LogP contribution in [0.15, 0.2) is 12.1 Å². The SMILES string of the molecule is COc1cc(F)cc([C@@H](C2CCCC2)N2CCNCC2)c1O.Cl.Cl. The van der Waals surface area contributed by atoms with Crippen LogP contribution in [0.4, 0.5) is 4.39 Å². The fourth-order valence-corrected chi connectivity index (χ4v) is 3.96. The molecular formula is C17H27Cl2FN2O2. The maximum atomic E-state index is 14.0. The van der Waals surface area contributed by atoms with Gasteiger partial charge in [0, 0.05) is 43.9 Å². The molecule has 1 saturated carbocycles. The molecular weight excluding hydrogens is 354 g/mol. The van der Waals surface area contributed by atoms with Crippen LogP contribution < -0.4 is 10.1 Å². The Kier molecular flexibility index (Phi) is 8.57. The van der Waals surface area contributed by atoms with Gasteiger partial charge in [-0.25, -0.2) is 4.39 Å². The number of phenols is 1. The van der Waals surface area contributed by atoms with Crippen molar-refractivity contribution < 1.29 is 14.2 Å². The minimum Gasteiger partial charge on any atom is -0.504 e. The molecule has 24 heavy (non-hydrogen) atoms. The lowest BCUT2D eigenvalue weighted by Gasteiger charge is -2.39. The molecule has 0 aromatic heterocycles. The Bertz CT molecular complexity index is 522. The van der Waals surface area contributed by atoms with Gasteiger partial charge in [0.1, 0.15) is 5.82 Å². The predicted molar refractivity (Wildman–Crippen MR) is 98.3 cm³/mol. The lowest BCUT2D eigenvalue weighted by atomic mass is 9.89. The second kappa shape index (κ2) is 9.66. The summed E-state index contributed by atoms with van der Waals surface area (Å²) in [5, 5.41) is 13.9. The van der Waals surface area contributed by atoms with Gasteiger partial charge in [0.05, 0.1) is 7.11 Å². The molecule has 0 radical (unpaired) electrons. The van der Waals surface area contributed by atoms with E-state index in [2.05, 4.69) is 10.2 Å². The molecule has 1 aliphatic carbocycles. The summed E-state index contributed by atoms with van der Waals surface area (Å²) in [6.07, 6.45) is 4.74. The number of phenolic OH excluding ortho intramolecular Hbond substituents is 1. The highest BCUT2D eigenvalue weighted by atomic mass is 35.5. The van der Waals surface area contributed by atoms with Crippen molar-refractivity contribution in [3.05, 3.63) is 23.5 Å². The van der Waals surface area contributed by atoms with E-state index < -0.39 is 0 Å². The van der Waals surface area contributed by atoms with Crippen molar-refractivity contribution in [2.75, 3.05) is 33.3 Å². The first kappa shape index (κ1) is 21.3. The third-order valence-electron chi connectivity index (χ3n) is 5.00. The average molecular weight is 381 g/mol. The molecule has 1 heterocycles. The number of rotatable bonds is 4. The normalized spacial score (nSPS) is 20.1. The molecule has 2 aliphatic rings. The summed E-state index contributed by atoms with van der Waals surface area (Å²) in [6.45, 7) is 3.74. The van der Waals surface area contributed by atoms with Gasteiger partial charge < -0.3 is 15.2 Å². The van der Waals surface area contributed by atoms with Crippen molar-refractivity contribution in [2.24, 2.45) is 5.92 Å². The number of ether oxygens (including phenoxy) is 1. The van der Waals surface area contributed by atoms with Gasteiger partial charge in [-0.1, -0.05) is 12.8 Å². The molecule has 1 aromatic rings. The molecule has 1 atom stereocenters. The summed E-state index contributed by atoms with van der Waals surface area (Å²) in [6, 6.07) is 2.82. The topological polar surface area (TPSA) is 44.7 Å². The maximum Gasteiger partial charge on any atom is 0.163 e. The van der Waals surface area contributed by atoms with E-state index in [1.54, 1.807) is 0 Å². The summed E-state index contributed by atoms with van der Waals surface area (Å²) in [5.41, 5.74) is 0.686. The summed E-state index contributed by atoms with van der Waals surface area (Å²) < 4.78 is 19.1. The highest BCUT2D eigenvalue weighted by molar-refractivity contribution is 5.85. The van der Waals surface area contributed by atoms with Crippen molar-refractivity contribution in [3.63, 3.8) is 0 Å². The van der Waals surface area contributed by atoms with Crippen LogP contribution in [0.5, 0.6) is 11.5 Å². The number of methoxy groups -OCH3 is 1. The summed E-state index contributed by atoms with van der Waals surface area (Å²) in [4.78, 5) is 2.39. The van der Waals surface area contributed by atoms with Crippen molar-refractivity contribution in [2.45, 2.75) is 31.7 Å². The Balaban J connectivity index is 0.00000144. The van der Waals surface area contributed by atoms with Gasteiger partial charge in [-0.15, -0.1) is 24.8 Å². The van der Waals surface area contributed by atoms with Crippen LogP contribution in [-0.2, 0) is 0 Å². The summed E-state index contributed by atoms with van der Waals surface area (Å²) in [5.74, 6) is 0.464. The third kappa shape index (κ3) is 4.45. The fourth-order valence-electron chi connectivity index (χ4n) is 3.96. The van der Waals surface area contributed by atoms with E-state index in [1.807, 2.05) is 0 Å². The highest BCUT2D eigenvalue weighted by Crippen LogP contribution is 2.45. The molecule has 0 amide bonds. The number of hydrogen-bond donors (Lipinski definition) is 2. The van der Waals surface area contributed by atoms with Gasteiger partial charge in [0.25, 0.3) is 0 Å². The van der Waals surface area contributed by atoms with Crippen LogP contribution in [-0.4, -0.2) is 43.3 Å². The van der Waals surface area contributed by atoms with Gasteiger partial charge in [-0.2, -0.15) is 0 Å². The van der Waals surface area contributed by atoms with Crippen LogP contribution in [0.3, 0.4) is 0 Å². The smallest absolute Gasteiger partial charge is 0.163 e. The van der Waals surface area contributed by atoms with Crippen LogP contribution in [0.25, 0.3) is 0 Å². The number of halogens is 3. The monoisotopic (exact) mass is 380 g/mol. The van der Waals surface area contributed by atoms with Crippen LogP contribution in [0, 0.1) is 11.7 Å². The minimum absolute atomic E-state index is 0. The van der Waals surface area contributed by atoms with Gasteiger partial charge in [0.15, 0.2) is 11.5 Å². The number of piperazine rings is 1. The van der Waals surface area contributed by atoms with E-state index >= 15 is 0 Å². The van der Waals surface area contributed by atoms with E-state index in [9.17, 15) is 9.50 Å². The van der Waals surface area contributed by atoms with Crippen LogP contribution >= 0.6 is 24.8 Å². The molecule has 138 valence electrons. The molecule has 7 heteroatoms. The second-order valence-corrected chi connectivity index (χ2v) is 6.32. The molecule has 3 rings (SSSR count). The number of nitrogens with one attached hydrogen (secondary N) is 1. The predicted octanol–water partition coefficient (Wildman–Crippen LogP) is 3.52. The Hall–Kier alpha value is -0.750. The molecule has 2 fully saturated rings. The molecule has 1 aliphatic heterocycles. The number of hydrogen-bond acceptors (Lipinski definition) is 4. The zero-order valence-electron chi connectivity index (χ0n) is 14.0. The molecule has 1 aromatic carbocycles. The standard InChI is InChI=1S/C17H25FN2O2.2ClH/c1-22-15-11-13(18)10-14(17(15)21)16(12-4-2-3-5-12)20-8-6-19-7-9-20;;/h10-12,16,19,21H,2-9H2,1H3;2*1H/t16-;;/m1../s1. The molecule has 0 bridgehead atoms. The van der Waals surface area contributed by atoms with E-state index in [1.165, 1.54) is 32.1 Å². The highest BCUT2D eigenvalue weighted by Gasteiger charge is 2.34. The molecule has 1 saturated heterocycles. The zero-order chi connectivity index (χ0) is 15.5. The van der Waals surface area contributed by atoms with Crippen molar-refractivity contribution in [3.8, 4) is 11.5 Å². The first-order valence-electron chi connectivity index (χ1n) is 8.22. The number of nitrogens with zero attached hydrogens (tertiary/aromatic N) is 1. The number of benzene rings is 1. The molecule has 0 unspecified atom stereocenters. The van der Waals surface area contributed by atoms with Crippen LogP contribution in [0.2, 0.25) is 0 Å². The van der Waals surface area contributed by atoms with Gasteiger partial charge in [-0.05, 0) is 24.8 Å². The molecule has 2 N–H and O–H groups in total. The van der Waals surface area contributed by atoms with Gasteiger partial charge >= 0.3 is 0 Å². The fraction of sp³-hybridized carbons (Fsp3) is 0.647. The molecule has 0 spiro atoms. The quantitative estimate of drug-likeness (QED) is 0.838. The van der Waals surface area contributed by atoms with E-state index in [0.717, 1.165) is 39.0 Å². The Morgan fingerprint density at radius 3 is 2.42 bits per heavy atom. The lowest BCUT2D eigenvalue weighted by molar-refractivity contribution is 0.122. The zero-order valence-corrected chi connectivity index (χ0v) is 15.6. The first-order valence-corrected chi connectivity index (χ1v) is 8.22. The van der Waals surface area contributed by atoms with Gasteiger partial charge in [-0.3, -0.25) is 4.90 Å². The summed E-state index contributed by atoms with van der Waals surface area (Å²) >= 11 is 0. The van der Waals surface area contributed by atoms with E-state index in [0.29, 0.717) is 11.5 Å². The van der Waals surface area contributed by atoms with E-state index in [-0.39, 0.29) is 48.2 Å². The van der Waals surface area contributed by atoms with Crippen molar-refractivity contribution in [1.82, 2.24) is 10.2 Å². The van der Waals surface area contributed by atoms with Crippen LogP contribution in [0.1, 0.15) is 37.3 Å². The second-order valence-electron chi connectivity index (χ2n) is 6.32. The largest absolute Gasteiger partial charge is 0.504 e. The van der Waals surface area contributed by atoms with Crippen molar-refractivity contribution in [1.29, 1.82) is 0 Å². The van der Waals surface area contributed by atoms with E-state index in [4.69, 9.17) is 4.74 Å².